The van der Waals surface area contributed by atoms with E-state index in [9.17, 15) is 4.79 Å². The Morgan fingerprint density at radius 3 is 2.22 bits per heavy atom. The highest BCUT2D eigenvalue weighted by atomic mass is 32.1. The number of nitrogens with zero attached hydrogens (tertiary/aromatic N) is 2. The minimum Gasteiger partial charge on any atom is -0.296 e. The van der Waals surface area contributed by atoms with Crippen molar-refractivity contribution in [3.63, 3.8) is 0 Å². The van der Waals surface area contributed by atoms with Crippen LogP contribution in [-0.2, 0) is 0 Å². The fourth-order valence-electron chi connectivity index (χ4n) is 2.04. The Morgan fingerprint density at radius 2 is 1.72 bits per heavy atom. The highest BCUT2D eigenvalue weighted by Crippen LogP contribution is 2.20. The molecule has 0 radical (unpaired) electrons. The topological polar surface area (TPSA) is 54.9 Å². The molecule has 1 N–H and O–H groups in total. The normalized spacial score (nSPS) is 10.4. The SMILES string of the molecule is Cc1cc(C)c(C(=O)Nc2nnc(C)s2)c(C)c1. The van der Waals surface area contributed by atoms with Gasteiger partial charge in [0.2, 0.25) is 5.13 Å². The maximum atomic E-state index is 12.2. The molecule has 1 aromatic heterocycles. The van der Waals surface area contributed by atoms with Crippen molar-refractivity contribution in [2.24, 2.45) is 0 Å². The van der Waals surface area contributed by atoms with Crippen LogP contribution in [0, 0.1) is 27.7 Å². The predicted octanol–water partition coefficient (Wildman–Crippen LogP) is 3.02. The van der Waals surface area contributed by atoms with Gasteiger partial charge in [-0.3, -0.25) is 10.1 Å². The van der Waals surface area contributed by atoms with Crippen LogP contribution in [0.2, 0.25) is 0 Å². The van der Waals surface area contributed by atoms with Gasteiger partial charge in [0.25, 0.3) is 5.91 Å². The van der Waals surface area contributed by atoms with Gasteiger partial charge in [-0.25, -0.2) is 0 Å². The molecule has 1 aromatic carbocycles. The molecular formula is C13H15N3OS. The summed E-state index contributed by atoms with van der Waals surface area (Å²) in [5.74, 6) is -0.124. The van der Waals surface area contributed by atoms with Crippen molar-refractivity contribution in [3.8, 4) is 0 Å². The molecule has 0 fully saturated rings. The van der Waals surface area contributed by atoms with E-state index >= 15 is 0 Å². The molecule has 5 heteroatoms. The van der Waals surface area contributed by atoms with E-state index in [2.05, 4.69) is 15.5 Å². The molecule has 0 unspecified atom stereocenters. The van der Waals surface area contributed by atoms with Gasteiger partial charge in [-0.15, -0.1) is 10.2 Å². The molecule has 4 nitrogen and oxygen atoms in total. The highest BCUT2D eigenvalue weighted by Gasteiger charge is 2.14. The monoisotopic (exact) mass is 261 g/mol. The van der Waals surface area contributed by atoms with Crippen molar-refractivity contribution in [2.45, 2.75) is 27.7 Å². The minimum absolute atomic E-state index is 0.124. The maximum absolute atomic E-state index is 12.2. The number of aromatic nitrogens is 2. The van der Waals surface area contributed by atoms with Gasteiger partial charge < -0.3 is 0 Å². The van der Waals surface area contributed by atoms with E-state index < -0.39 is 0 Å². The van der Waals surface area contributed by atoms with Crippen LogP contribution in [0.3, 0.4) is 0 Å². The molecule has 0 saturated heterocycles. The van der Waals surface area contributed by atoms with Gasteiger partial charge in [-0.05, 0) is 38.8 Å². The van der Waals surface area contributed by atoms with Gasteiger partial charge in [0.1, 0.15) is 5.01 Å². The van der Waals surface area contributed by atoms with Crippen LogP contribution in [0.1, 0.15) is 32.1 Å². The summed E-state index contributed by atoms with van der Waals surface area (Å²) in [6.07, 6.45) is 0. The molecule has 0 aliphatic carbocycles. The van der Waals surface area contributed by atoms with Gasteiger partial charge in [0.05, 0.1) is 0 Å². The number of carbonyl (C=O) groups excluding carboxylic acids is 1. The Bertz CT molecular complexity index is 581. The van der Waals surface area contributed by atoms with E-state index in [1.807, 2.05) is 39.8 Å². The van der Waals surface area contributed by atoms with Gasteiger partial charge in [0.15, 0.2) is 0 Å². The maximum Gasteiger partial charge on any atom is 0.258 e. The van der Waals surface area contributed by atoms with Crippen molar-refractivity contribution >= 4 is 22.4 Å². The second-order valence-corrected chi connectivity index (χ2v) is 5.54. The average Bonchev–Trinajstić information content (AvgIpc) is 2.62. The molecule has 1 amide bonds. The Morgan fingerprint density at radius 1 is 1.11 bits per heavy atom. The minimum atomic E-state index is -0.124. The van der Waals surface area contributed by atoms with Crippen LogP contribution < -0.4 is 5.32 Å². The lowest BCUT2D eigenvalue weighted by molar-refractivity contribution is 0.102. The lowest BCUT2D eigenvalue weighted by Crippen LogP contribution is -2.15. The van der Waals surface area contributed by atoms with Gasteiger partial charge >= 0.3 is 0 Å². The Balaban J connectivity index is 2.29. The lowest BCUT2D eigenvalue weighted by atomic mass is 9.99. The van der Waals surface area contributed by atoms with Crippen LogP contribution >= 0.6 is 11.3 Å². The van der Waals surface area contributed by atoms with Crippen molar-refractivity contribution in [1.82, 2.24) is 10.2 Å². The van der Waals surface area contributed by atoms with Gasteiger partial charge in [-0.1, -0.05) is 29.0 Å². The zero-order valence-corrected chi connectivity index (χ0v) is 11.7. The first-order chi connectivity index (χ1) is 8.47. The summed E-state index contributed by atoms with van der Waals surface area (Å²) in [6, 6.07) is 4.01. The number of hydrogen-bond acceptors (Lipinski definition) is 4. The van der Waals surface area contributed by atoms with E-state index in [4.69, 9.17) is 0 Å². The third-order valence-electron chi connectivity index (χ3n) is 2.65. The average molecular weight is 261 g/mol. The molecule has 0 aliphatic rings. The molecule has 0 saturated carbocycles. The third-order valence-corrected chi connectivity index (χ3v) is 3.40. The van der Waals surface area contributed by atoms with Gasteiger partial charge in [-0.2, -0.15) is 0 Å². The standard InChI is InChI=1S/C13H15N3OS/c1-7-5-8(2)11(9(3)6-7)12(17)14-13-16-15-10(4)18-13/h5-6H,1-4H3,(H,14,16,17). The van der Waals surface area contributed by atoms with Crippen LogP contribution in [0.25, 0.3) is 0 Å². The van der Waals surface area contributed by atoms with E-state index in [1.165, 1.54) is 11.3 Å². The zero-order valence-electron chi connectivity index (χ0n) is 10.9. The zero-order chi connectivity index (χ0) is 13.3. The quantitative estimate of drug-likeness (QED) is 0.904. The predicted molar refractivity (Wildman–Crippen MR) is 73.3 cm³/mol. The molecule has 18 heavy (non-hydrogen) atoms. The summed E-state index contributed by atoms with van der Waals surface area (Å²) in [5.41, 5.74) is 3.83. The smallest absolute Gasteiger partial charge is 0.258 e. The van der Waals surface area contributed by atoms with Crippen LogP contribution in [0.4, 0.5) is 5.13 Å². The Kier molecular flexibility index (Phi) is 3.43. The van der Waals surface area contributed by atoms with Crippen molar-refractivity contribution in [2.75, 3.05) is 5.32 Å². The molecular weight excluding hydrogens is 246 g/mol. The highest BCUT2D eigenvalue weighted by molar-refractivity contribution is 7.15. The number of carbonyl (C=O) groups is 1. The first kappa shape index (κ1) is 12.7. The van der Waals surface area contributed by atoms with Crippen molar-refractivity contribution < 1.29 is 4.79 Å². The second kappa shape index (κ2) is 4.86. The molecule has 1 heterocycles. The summed E-state index contributed by atoms with van der Waals surface area (Å²) in [7, 11) is 0. The molecule has 2 rings (SSSR count). The lowest BCUT2D eigenvalue weighted by Gasteiger charge is -2.10. The van der Waals surface area contributed by atoms with Gasteiger partial charge in [0, 0.05) is 5.56 Å². The van der Waals surface area contributed by atoms with Crippen LogP contribution in [0.15, 0.2) is 12.1 Å². The molecule has 94 valence electrons. The van der Waals surface area contributed by atoms with Crippen LogP contribution in [0.5, 0.6) is 0 Å². The van der Waals surface area contributed by atoms with Crippen molar-refractivity contribution in [3.05, 3.63) is 39.4 Å². The Hall–Kier alpha value is -1.75. The van der Waals surface area contributed by atoms with E-state index in [-0.39, 0.29) is 5.91 Å². The first-order valence-corrected chi connectivity index (χ1v) is 6.48. The largest absolute Gasteiger partial charge is 0.296 e. The molecule has 2 aromatic rings. The summed E-state index contributed by atoms with van der Waals surface area (Å²) < 4.78 is 0. The molecule has 0 atom stereocenters. The number of benzene rings is 1. The summed E-state index contributed by atoms with van der Waals surface area (Å²) >= 11 is 1.37. The molecule has 0 spiro atoms. The summed E-state index contributed by atoms with van der Waals surface area (Å²) in [5, 5.41) is 11.9. The fraction of sp³-hybridized carbons (Fsp3) is 0.308. The fourth-order valence-corrected chi connectivity index (χ4v) is 2.63. The number of rotatable bonds is 2. The number of aryl methyl sites for hydroxylation is 4. The number of nitrogens with one attached hydrogen (secondary N) is 1. The number of anilines is 1. The van der Waals surface area contributed by atoms with Crippen molar-refractivity contribution in [1.29, 1.82) is 0 Å². The van der Waals surface area contributed by atoms with E-state index in [0.717, 1.165) is 21.7 Å². The third kappa shape index (κ3) is 2.56. The first-order valence-electron chi connectivity index (χ1n) is 5.66. The second-order valence-electron chi connectivity index (χ2n) is 4.35. The number of hydrogen-bond donors (Lipinski definition) is 1. The Labute approximate surface area is 110 Å². The van der Waals surface area contributed by atoms with E-state index in [0.29, 0.717) is 10.7 Å². The van der Waals surface area contributed by atoms with Crippen LogP contribution in [-0.4, -0.2) is 16.1 Å². The summed E-state index contributed by atoms with van der Waals surface area (Å²) in [4.78, 5) is 12.2. The van der Waals surface area contributed by atoms with E-state index in [1.54, 1.807) is 0 Å². The summed E-state index contributed by atoms with van der Waals surface area (Å²) in [6.45, 7) is 7.77. The molecule has 0 aliphatic heterocycles. The molecule has 0 bridgehead atoms. The number of amides is 1.